The monoisotopic (exact) mass is 280 g/mol. The van der Waals surface area contributed by atoms with E-state index in [1.807, 2.05) is 0 Å². The molecule has 0 aliphatic rings. The van der Waals surface area contributed by atoms with Crippen molar-refractivity contribution in [3.63, 3.8) is 0 Å². The maximum atomic E-state index is 10.8. The molecule has 0 aliphatic heterocycles. The number of carbonyl (C=O) groups is 1. The summed E-state index contributed by atoms with van der Waals surface area (Å²) in [6.45, 7) is 1.38. The van der Waals surface area contributed by atoms with Crippen molar-refractivity contribution in [1.29, 1.82) is 0 Å². The molecule has 0 saturated heterocycles. The average molecular weight is 280 g/mol. The number of nitrogens with two attached hydrogens (primary N) is 1. The molecule has 0 saturated carbocycles. The van der Waals surface area contributed by atoms with Crippen molar-refractivity contribution in [2.45, 2.75) is 6.92 Å². The van der Waals surface area contributed by atoms with Gasteiger partial charge in [0.15, 0.2) is 0 Å². The van der Waals surface area contributed by atoms with Crippen molar-refractivity contribution < 1.29 is 37.5 Å². The zero-order chi connectivity index (χ0) is 10.1. The van der Waals surface area contributed by atoms with E-state index in [4.69, 9.17) is 5.73 Å². The smallest absolute Gasteiger partial charge is 0.222 e. The first-order chi connectivity index (χ1) is 6.66. The van der Waals surface area contributed by atoms with Crippen LogP contribution in [0.5, 0.6) is 0 Å². The predicted octanol–water partition coefficient (Wildman–Crippen LogP) is -0.480. The Morgan fingerprint density at radius 1 is 1.53 bits per heavy atom. The van der Waals surface area contributed by atoms with Crippen molar-refractivity contribution in [1.82, 2.24) is 19.9 Å². The first-order valence-electron chi connectivity index (χ1n) is 3.85. The maximum absolute atomic E-state index is 10.8. The van der Waals surface area contributed by atoms with Crippen molar-refractivity contribution in [2.24, 2.45) is 0 Å². The Morgan fingerprint density at radius 2 is 2.27 bits per heavy atom. The van der Waals surface area contributed by atoms with Gasteiger partial charge in [-0.3, -0.25) is 4.79 Å². The van der Waals surface area contributed by atoms with Crippen LogP contribution in [-0.4, -0.2) is 20.9 Å². The van der Waals surface area contributed by atoms with Crippen LogP contribution in [0.1, 0.15) is 6.92 Å². The molecule has 0 aliphatic carbocycles. The van der Waals surface area contributed by atoms with Crippen LogP contribution in [0.3, 0.4) is 0 Å². The maximum Gasteiger partial charge on any atom is 0.222 e. The molecule has 3 N–H and O–H groups in total. The summed E-state index contributed by atoms with van der Waals surface area (Å²) in [5.74, 6) is 0.103. The molecule has 75 valence electrons. The summed E-state index contributed by atoms with van der Waals surface area (Å²) < 4.78 is 0. The summed E-state index contributed by atoms with van der Waals surface area (Å²) in [5.41, 5.74) is 6.23. The van der Waals surface area contributed by atoms with Crippen LogP contribution in [0, 0.1) is 0 Å². The molecule has 15 heavy (non-hydrogen) atoms. The average Bonchev–Trinajstić information content (AvgIpc) is 2.50. The second-order valence-corrected chi connectivity index (χ2v) is 2.66. The van der Waals surface area contributed by atoms with Gasteiger partial charge < -0.3 is 26.0 Å². The van der Waals surface area contributed by atoms with Crippen molar-refractivity contribution in [3.8, 4) is 0 Å². The van der Waals surface area contributed by atoms with Gasteiger partial charge in [-0.1, -0.05) is 0 Å². The van der Waals surface area contributed by atoms with Gasteiger partial charge in [0.25, 0.3) is 0 Å². The molecular formula is C7H7N6OY-. The van der Waals surface area contributed by atoms with E-state index >= 15 is 0 Å². The number of nitrogens with one attached hydrogen (secondary N) is 1. The van der Waals surface area contributed by atoms with E-state index < -0.39 is 0 Å². The summed E-state index contributed by atoms with van der Waals surface area (Å²) >= 11 is 0. The fraction of sp³-hybridized carbons (Fsp3) is 0.143. The number of amides is 1. The van der Waals surface area contributed by atoms with Crippen LogP contribution >= 0.6 is 0 Å². The number of nitrogens with zero attached hydrogens (tertiary/aromatic N) is 4. The van der Waals surface area contributed by atoms with Crippen molar-refractivity contribution in [3.05, 3.63) is 6.33 Å². The Labute approximate surface area is 110 Å². The van der Waals surface area contributed by atoms with E-state index in [0.717, 1.165) is 0 Å². The molecular weight excluding hydrogens is 273 g/mol. The Balaban J connectivity index is 0.00000112. The Morgan fingerprint density at radius 3 is 2.93 bits per heavy atom. The van der Waals surface area contributed by atoms with Gasteiger partial charge in [0.2, 0.25) is 5.91 Å². The summed E-state index contributed by atoms with van der Waals surface area (Å²) in [4.78, 5) is 26.3. The van der Waals surface area contributed by atoms with Crippen LogP contribution in [0.4, 0.5) is 11.8 Å². The molecule has 0 aromatic carbocycles. The van der Waals surface area contributed by atoms with E-state index in [0.29, 0.717) is 11.2 Å². The molecule has 0 unspecified atom stereocenters. The number of hydrogen-bond donors (Lipinski definition) is 2. The van der Waals surface area contributed by atoms with E-state index in [9.17, 15) is 4.79 Å². The quantitative estimate of drug-likeness (QED) is 0.730. The molecule has 0 atom stereocenters. The fourth-order valence-electron chi connectivity index (χ4n) is 1.06. The van der Waals surface area contributed by atoms with Crippen LogP contribution in [-0.2, 0) is 37.5 Å². The van der Waals surface area contributed by atoms with E-state index in [2.05, 4.69) is 25.3 Å². The van der Waals surface area contributed by atoms with Gasteiger partial charge in [-0.05, 0) is 6.33 Å². The molecule has 1 radical (unpaired) electrons. The number of hydrogen-bond acceptors (Lipinski definition) is 5. The number of nitrogen functional groups attached to an aromatic ring is 1. The number of carbonyl (C=O) groups excluding carboxylic acids is 1. The summed E-state index contributed by atoms with van der Waals surface area (Å²) in [5, 5.41) is 2.50. The van der Waals surface area contributed by atoms with Gasteiger partial charge in [-0.15, -0.1) is 0 Å². The third-order valence-electron chi connectivity index (χ3n) is 1.54. The second kappa shape index (κ2) is 4.63. The second-order valence-electron chi connectivity index (χ2n) is 2.66. The van der Waals surface area contributed by atoms with Gasteiger partial charge >= 0.3 is 0 Å². The van der Waals surface area contributed by atoms with Crippen LogP contribution < -0.4 is 16.0 Å². The summed E-state index contributed by atoms with van der Waals surface area (Å²) in [7, 11) is 0. The first kappa shape index (κ1) is 12.0. The third-order valence-corrected chi connectivity index (χ3v) is 1.54. The fourth-order valence-corrected chi connectivity index (χ4v) is 1.06. The van der Waals surface area contributed by atoms with E-state index in [1.165, 1.54) is 13.3 Å². The number of imidazole rings is 1. The molecule has 2 rings (SSSR count). The van der Waals surface area contributed by atoms with Gasteiger partial charge in [0, 0.05) is 50.8 Å². The van der Waals surface area contributed by atoms with Crippen LogP contribution in [0.2, 0.25) is 0 Å². The summed E-state index contributed by atoms with van der Waals surface area (Å²) in [6.07, 6.45) is 1.34. The third kappa shape index (κ3) is 2.48. The molecule has 8 heteroatoms. The minimum absolute atomic E-state index is 0. The SMILES string of the molecule is CC(=O)Nc1nc(N)nc2[n-]cnc12.[Y]. The standard InChI is InChI=1S/C7H8N6O.Y/c1-3(14)11-6-4-5(10-2-9-4)12-7(8)13-6;/h2H,1H3,(H4,8,9,10,11,12,13,14);/p-1. The molecule has 0 spiro atoms. The van der Waals surface area contributed by atoms with Crippen LogP contribution in [0.15, 0.2) is 6.33 Å². The molecule has 0 bridgehead atoms. The van der Waals surface area contributed by atoms with E-state index in [1.54, 1.807) is 0 Å². The van der Waals surface area contributed by atoms with E-state index in [-0.39, 0.29) is 50.4 Å². The zero-order valence-corrected chi connectivity index (χ0v) is 10.8. The van der Waals surface area contributed by atoms with Gasteiger partial charge in [-0.25, -0.2) is 4.98 Å². The first-order valence-corrected chi connectivity index (χ1v) is 3.85. The van der Waals surface area contributed by atoms with Crippen molar-refractivity contribution >= 4 is 28.8 Å². The Bertz CT molecular complexity index is 495. The molecule has 7 nitrogen and oxygen atoms in total. The normalized spacial score (nSPS) is 9.67. The number of rotatable bonds is 1. The number of fused-ring (bicyclic) bond motifs is 1. The molecule has 2 heterocycles. The summed E-state index contributed by atoms with van der Waals surface area (Å²) in [6, 6.07) is 0. The topological polar surface area (TPSA) is 108 Å². The molecule has 2 aromatic rings. The van der Waals surface area contributed by atoms with Gasteiger partial charge in [0.1, 0.15) is 11.8 Å². The number of aromatic nitrogens is 4. The van der Waals surface area contributed by atoms with Crippen molar-refractivity contribution in [2.75, 3.05) is 11.1 Å². The Kier molecular flexibility index (Phi) is 3.70. The zero-order valence-electron chi connectivity index (χ0n) is 7.93. The van der Waals surface area contributed by atoms with Gasteiger partial charge in [-0.2, -0.15) is 0 Å². The minimum Gasteiger partial charge on any atom is -0.381 e. The molecule has 0 fully saturated rings. The largest absolute Gasteiger partial charge is 0.381 e. The minimum atomic E-state index is -0.243. The van der Waals surface area contributed by atoms with Crippen LogP contribution in [0.25, 0.3) is 11.2 Å². The molecule has 1 amide bonds. The number of anilines is 2. The van der Waals surface area contributed by atoms with Gasteiger partial charge in [0.05, 0.1) is 0 Å². The Hall–Kier alpha value is -1.08. The molecule has 2 aromatic heterocycles. The predicted molar refractivity (Wildman–Crippen MR) is 49.4 cm³/mol.